The van der Waals surface area contributed by atoms with Gasteiger partial charge in [0.1, 0.15) is 42.5 Å². The minimum Gasteiger partial charge on any atom is -0.360 e. The van der Waals surface area contributed by atoms with Crippen molar-refractivity contribution in [1.82, 2.24) is 19.6 Å². The summed E-state index contributed by atoms with van der Waals surface area (Å²) in [6.45, 7) is 16.1. The van der Waals surface area contributed by atoms with Crippen molar-refractivity contribution in [1.29, 1.82) is 10.5 Å². The average Bonchev–Trinajstić information content (AvgIpc) is 3.56. The van der Waals surface area contributed by atoms with Gasteiger partial charge >= 0.3 is 0 Å². The van der Waals surface area contributed by atoms with Gasteiger partial charge in [-0.2, -0.15) is 20.7 Å². The van der Waals surface area contributed by atoms with Crippen molar-refractivity contribution in [2.45, 2.75) is 64.8 Å². The molecule has 2 N–H and O–H groups in total. The van der Waals surface area contributed by atoms with Gasteiger partial charge in [-0.1, -0.05) is 75.7 Å². The Labute approximate surface area is 263 Å². The Balaban J connectivity index is 0.000000240. The monoisotopic (exact) mass is 628 g/mol. The molecule has 0 fully saturated rings. The molecule has 2 heterocycles. The Morgan fingerprint density at radius 2 is 1.25 bits per heavy atom. The summed E-state index contributed by atoms with van der Waals surface area (Å²) >= 11 is 0. The molecule has 0 atom stereocenters. The molecule has 10 nitrogen and oxygen atoms in total. The van der Waals surface area contributed by atoms with Crippen LogP contribution in [0, 0.1) is 22.7 Å². The van der Waals surface area contributed by atoms with Crippen LogP contribution >= 0.6 is 0 Å². The van der Waals surface area contributed by atoms with E-state index < -0.39 is 16.1 Å². The molecular weight excluding hydrogens is 585 g/mol. The lowest BCUT2D eigenvalue weighted by atomic mass is 10.3. The molecular formula is C32H44N8O2Si2. The van der Waals surface area contributed by atoms with Crippen LogP contribution < -0.4 is 10.6 Å². The summed E-state index contributed by atoms with van der Waals surface area (Å²) in [5.41, 5.74) is 2.85. The van der Waals surface area contributed by atoms with E-state index in [9.17, 15) is 10.5 Å². The predicted octanol–water partition coefficient (Wildman–Crippen LogP) is 7.62. The van der Waals surface area contributed by atoms with E-state index in [-0.39, 0.29) is 0 Å². The molecule has 0 amide bonds. The maximum absolute atomic E-state index is 9.21. The van der Waals surface area contributed by atoms with Crippen molar-refractivity contribution in [2.75, 3.05) is 23.8 Å². The van der Waals surface area contributed by atoms with Crippen LogP contribution in [0.3, 0.4) is 0 Å². The third-order valence-corrected chi connectivity index (χ3v) is 9.75. The van der Waals surface area contributed by atoms with E-state index in [4.69, 9.17) is 9.47 Å². The van der Waals surface area contributed by atoms with Crippen molar-refractivity contribution in [3.63, 3.8) is 0 Å². The third-order valence-electron chi connectivity index (χ3n) is 6.35. The quantitative estimate of drug-likeness (QED) is 0.108. The zero-order chi connectivity index (χ0) is 32.0. The molecule has 232 valence electrons. The van der Waals surface area contributed by atoms with Crippen molar-refractivity contribution < 1.29 is 9.47 Å². The fraction of sp³-hybridized carbons (Fsp3) is 0.375. The van der Waals surface area contributed by atoms with Gasteiger partial charge in [-0.3, -0.25) is 0 Å². The number of nitrogens with one attached hydrogen (secondary N) is 2. The Hall–Kier alpha value is -4.21. The molecule has 44 heavy (non-hydrogen) atoms. The Kier molecular flexibility index (Phi) is 12.9. The topological polar surface area (TPSA) is 126 Å². The molecule has 4 rings (SSSR count). The van der Waals surface area contributed by atoms with Crippen LogP contribution in [0.15, 0.2) is 73.1 Å². The summed E-state index contributed by atoms with van der Waals surface area (Å²) in [6, 6.07) is 26.0. The van der Waals surface area contributed by atoms with E-state index >= 15 is 0 Å². The highest BCUT2D eigenvalue weighted by Gasteiger charge is 2.15. The highest BCUT2D eigenvalue weighted by atomic mass is 28.3. The first-order chi connectivity index (χ1) is 21.0. The Bertz CT molecular complexity index is 1500. The van der Waals surface area contributed by atoms with E-state index in [0.29, 0.717) is 36.2 Å². The summed E-state index contributed by atoms with van der Waals surface area (Å²) in [5, 5.41) is 33.4. The van der Waals surface area contributed by atoms with Gasteiger partial charge in [0.2, 0.25) is 0 Å². The van der Waals surface area contributed by atoms with E-state index in [0.717, 1.165) is 36.7 Å². The molecule has 2 aromatic carbocycles. The van der Waals surface area contributed by atoms with Crippen molar-refractivity contribution >= 4 is 39.2 Å². The Morgan fingerprint density at radius 1 is 0.727 bits per heavy atom. The number of rotatable bonds is 14. The molecule has 4 aromatic rings. The smallest absolute Gasteiger partial charge is 0.170 e. The number of nitriles is 2. The lowest BCUT2D eigenvalue weighted by Crippen LogP contribution is -2.22. The van der Waals surface area contributed by atoms with E-state index in [1.165, 1.54) is 0 Å². The van der Waals surface area contributed by atoms with Crippen molar-refractivity contribution in [3.8, 4) is 12.1 Å². The second kappa shape index (κ2) is 16.6. The molecule has 0 spiro atoms. The van der Waals surface area contributed by atoms with E-state index in [2.05, 4.69) is 72.3 Å². The summed E-state index contributed by atoms with van der Waals surface area (Å²) in [7, 11) is -2.17. The van der Waals surface area contributed by atoms with Crippen molar-refractivity contribution in [3.05, 3.63) is 84.2 Å². The molecule has 12 heteroatoms. The van der Waals surface area contributed by atoms with Gasteiger partial charge in [-0.15, -0.1) is 0 Å². The number of aromatic nitrogens is 4. The van der Waals surface area contributed by atoms with Crippen LogP contribution in [0.1, 0.15) is 11.1 Å². The highest BCUT2D eigenvalue weighted by Crippen LogP contribution is 2.21. The number of benzene rings is 2. The lowest BCUT2D eigenvalue weighted by Gasteiger charge is -2.16. The van der Waals surface area contributed by atoms with Gasteiger partial charge in [-0.25, -0.2) is 9.36 Å². The number of para-hydroxylation sites is 2. The van der Waals surface area contributed by atoms with Gasteiger partial charge in [0.25, 0.3) is 0 Å². The second-order valence-electron chi connectivity index (χ2n) is 12.7. The first-order valence-electron chi connectivity index (χ1n) is 14.7. The van der Waals surface area contributed by atoms with Gasteiger partial charge in [0.05, 0.1) is 6.20 Å². The number of hydrogen-bond acceptors (Lipinski definition) is 8. The summed E-state index contributed by atoms with van der Waals surface area (Å²) < 4.78 is 14.7. The zero-order valence-electron chi connectivity index (χ0n) is 26.7. The Morgan fingerprint density at radius 3 is 1.77 bits per heavy atom. The molecule has 2 aromatic heterocycles. The van der Waals surface area contributed by atoms with E-state index in [1.54, 1.807) is 21.8 Å². The van der Waals surface area contributed by atoms with Crippen LogP contribution in [-0.4, -0.2) is 48.9 Å². The molecule has 0 bridgehead atoms. The minimum absolute atomic E-state index is 0.349. The SMILES string of the molecule is C[Si](C)(C)CCOCn1cc(C#N)c(Nc2ccccc2)n1.C[Si](C)(C)CCOCn1ncc(C#N)c1Nc1ccccc1. The normalized spacial score (nSPS) is 11.2. The summed E-state index contributed by atoms with van der Waals surface area (Å²) in [5.74, 6) is 1.23. The van der Waals surface area contributed by atoms with Crippen LogP contribution in [0.5, 0.6) is 0 Å². The largest absolute Gasteiger partial charge is 0.360 e. The fourth-order valence-electron chi connectivity index (χ4n) is 3.74. The number of ether oxygens (including phenoxy) is 2. The van der Waals surface area contributed by atoms with Gasteiger partial charge in [0.15, 0.2) is 5.82 Å². The van der Waals surface area contributed by atoms with Crippen molar-refractivity contribution in [2.24, 2.45) is 0 Å². The molecule has 0 saturated carbocycles. The average molecular weight is 629 g/mol. The third kappa shape index (κ3) is 12.2. The summed E-state index contributed by atoms with van der Waals surface area (Å²) in [4.78, 5) is 0. The maximum Gasteiger partial charge on any atom is 0.170 e. The lowest BCUT2D eigenvalue weighted by molar-refractivity contribution is 0.0787. The molecule has 0 aliphatic heterocycles. The minimum atomic E-state index is -1.09. The first-order valence-corrected chi connectivity index (χ1v) is 22.1. The number of anilines is 4. The van der Waals surface area contributed by atoms with Crippen LogP contribution in [0.2, 0.25) is 51.4 Å². The van der Waals surface area contributed by atoms with Crippen LogP contribution in [0.25, 0.3) is 0 Å². The summed E-state index contributed by atoms with van der Waals surface area (Å²) in [6.07, 6.45) is 3.27. The standard InChI is InChI=1S/2C16H22N4OSi/c1-22(2,3)10-9-21-13-20-12-14(11-17)16(19-20)18-15-7-5-4-6-8-15;1-22(2,3)10-9-21-13-20-16(14(11-17)12-18-20)19-15-7-5-4-6-8-15/h4-8,12H,9-10,13H2,1-3H3,(H,18,19);4-8,12,19H,9-10,13H2,1-3H3. The molecule has 0 radical (unpaired) electrons. The fourth-order valence-corrected chi connectivity index (χ4v) is 5.25. The zero-order valence-corrected chi connectivity index (χ0v) is 28.7. The molecule has 0 saturated heterocycles. The van der Waals surface area contributed by atoms with E-state index in [1.807, 2.05) is 60.7 Å². The van der Waals surface area contributed by atoms with Crippen LogP contribution in [0.4, 0.5) is 23.0 Å². The molecule has 0 aliphatic rings. The van der Waals surface area contributed by atoms with Gasteiger partial charge in [-0.05, 0) is 36.4 Å². The number of nitrogens with zero attached hydrogens (tertiary/aromatic N) is 6. The first kappa shape index (κ1) is 34.3. The predicted molar refractivity (Wildman–Crippen MR) is 182 cm³/mol. The maximum atomic E-state index is 9.21. The van der Waals surface area contributed by atoms with Crippen LogP contribution in [-0.2, 0) is 22.9 Å². The van der Waals surface area contributed by atoms with Gasteiger partial charge < -0.3 is 20.1 Å². The highest BCUT2D eigenvalue weighted by molar-refractivity contribution is 6.76. The molecule has 0 unspecified atom stereocenters. The second-order valence-corrected chi connectivity index (χ2v) is 24.0. The molecule has 0 aliphatic carbocycles. The van der Waals surface area contributed by atoms with Gasteiger partial charge in [0, 0.05) is 46.9 Å². The number of hydrogen-bond donors (Lipinski definition) is 2.